The molecule has 23 heavy (non-hydrogen) atoms. The summed E-state index contributed by atoms with van der Waals surface area (Å²) in [6.07, 6.45) is -1.60. The van der Waals surface area contributed by atoms with Crippen LogP contribution in [0.5, 0.6) is 0 Å². The summed E-state index contributed by atoms with van der Waals surface area (Å²) in [5.74, 6) is -0.683. The molecule has 0 aliphatic carbocycles. The molecule has 118 valence electrons. The van der Waals surface area contributed by atoms with E-state index < -0.39 is 12.4 Å². The molecule has 3 rings (SSSR count). The maximum atomic E-state index is 13.4. The third-order valence-corrected chi connectivity index (χ3v) is 3.97. The number of ether oxygens (including phenoxy) is 1. The quantitative estimate of drug-likeness (QED) is 0.646. The summed E-state index contributed by atoms with van der Waals surface area (Å²) in [6, 6.07) is 8.35. The van der Waals surface area contributed by atoms with E-state index in [9.17, 15) is 13.6 Å². The van der Waals surface area contributed by atoms with Crippen LogP contribution >= 0.6 is 15.9 Å². The van der Waals surface area contributed by atoms with Gasteiger partial charge in [0.2, 0.25) is 0 Å². The minimum absolute atomic E-state index is 0.0282. The lowest BCUT2D eigenvalue weighted by molar-refractivity contribution is 0.0602. The van der Waals surface area contributed by atoms with Gasteiger partial charge in [0.15, 0.2) is 5.65 Å². The van der Waals surface area contributed by atoms with Crippen LogP contribution in [0.25, 0.3) is 16.9 Å². The monoisotopic (exact) mass is 381 g/mol. The highest BCUT2D eigenvalue weighted by molar-refractivity contribution is 9.10. The molecule has 3 aromatic rings. The van der Waals surface area contributed by atoms with Gasteiger partial charge in [-0.15, -0.1) is 0 Å². The van der Waals surface area contributed by atoms with Crippen molar-refractivity contribution in [2.75, 3.05) is 7.11 Å². The molecule has 0 saturated heterocycles. The average molecular weight is 382 g/mol. The highest BCUT2D eigenvalue weighted by atomic mass is 79.9. The molecule has 0 N–H and O–H groups in total. The Morgan fingerprint density at radius 3 is 2.74 bits per heavy atom. The predicted octanol–water partition coefficient (Wildman–Crippen LogP) is 3.88. The number of methoxy groups -OCH3 is 1. The number of fused-ring (bicyclic) bond motifs is 1. The lowest BCUT2D eigenvalue weighted by Gasteiger charge is -2.09. The van der Waals surface area contributed by atoms with E-state index in [0.717, 1.165) is 4.52 Å². The van der Waals surface area contributed by atoms with Gasteiger partial charge < -0.3 is 4.74 Å². The van der Waals surface area contributed by atoms with Gasteiger partial charge in [-0.1, -0.05) is 34.1 Å². The number of benzene rings is 1. The molecular formula is C15H10BrF2N3O2. The van der Waals surface area contributed by atoms with E-state index in [1.807, 2.05) is 0 Å². The molecule has 1 aromatic carbocycles. The number of rotatable bonds is 3. The first kappa shape index (κ1) is 15.5. The number of carbonyl (C=O) groups is 1. The number of esters is 1. The summed E-state index contributed by atoms with van der Waals surface area (Å²) < 4.78 is 33.0. The van der Waals surface area contributed by atoms with Gasteiger partial charge in [-0.2, -0.15) is 5.10 Å². The first-order valence-electron chi connectivity index (χ1n) is 6.53. The smallest absolute Gasteiger partial charge is 0.343 e. The first-order valence-corrected chi connectivity index (χ1v) is 7.32. The zero-order chi connectivity index (χ0) is 16.6. The van der Waals surface area contributed by atoms with Gasteiger partial charge in [-0.05, 0) is 12.1 Å². The Balaban J connectivity index is 2.32. The van der Waals surface area contributed by atoms with Crippen molar-refractivity contribution < 1.29 is 18.3 Å². The average Bonchev–Trinajstić information content (AvgIpc) is 2.97. The Morgan fingerprint density at radius 1 is 1.35 bits per heavy atom. The summed E-state index contributed by atoms with van der Waals surface area (Å²) in [5.41, 5.74) is 0.652. The molecule has 0 bridgehead atoms. The topological polar surface area (TPSA) is 56.5 Å². The third kappa shape index (κ3) is 2.70. The van der Waals surface area contributed by atoms with Gasteiger partial charge in [0, 0.05) is 10.0 Å². The van der Waals surface area contributed by atoms with Gasteiger partial charge in [-0.3, -0.25) is 0 Å². The molecule has 2 heterocycles. The van der Waals surface area contributed by atoms with Crippen LogP contribution in [0.2, 0.25) is 0 Å². The summed E-state index contributed by atoms with van der Waals surface area (Å²) in [7, 11) is 1.21. The zero-order valence-electron chi connectivity index (χ0n) is 11.8. The Hall–Kier alpha value is -2.35. The number of alkyl halides is 2. The molecular weight excluding hydrogens is 372 g/mol. The van der Waals surface area contributed by atoms with Gasteiger partial charge in [-0.25, -0.2) is 23.1 Å². The molecule has 0 aliphatic heterocycles. The highest BCUT2D eigenvalue weighted by Crippen LogP contribution is 2.30. The van der Waals surface area contributed by atoms with Gasteiger partial charge in [0.05, 0.1) is 19.0 Å². The van der Waals surface area contributed by atoms with Gasteiger partial charge in [0.25, 0.3) is 6.43 Å². The van der Waals surface area contributed by atoms with Crippen molar-refractivity contribution in [2.45, 2.75) is 6.43 Å². The van der Waals surface area contributed by atoms with Crippen LogP contribution < -0.4 is 0 Å². The SMILES string of the molecule is COC(=O)c1cnn2c(C(F)F)cc(-c3ccccc3Br)nc12. The summed E-state index contributed by atoms with van der Waals surface area (Å²) in [5, 5.41) is 3.83. The van der Waals surface area contributed by atoms with E-state index in [0.29, 0.717) is 15.7 Å². The summed E-state index contributed by atoms with van der Waals surface area (Å²) in [6.45, 7) is 0. The standard InChI is InChI=1S/C15H10BrF2N3O2/c1-23-15(22)9-7-19-21-12(13(17)18)6-11(20-14(9)21)8-4-2-3-5-10(8)16/h2-7,13H,1H3. The summed E-state index contributed by atoms with van der Waals surface area (Å²) >= 11 is 3.37. The van der Waals surface area contributed by atoms with Crippen molar-refractivity contribution in [3.05, 3.63) is 52.3 Å². The number of aromatic nitrogens is 3. The van der Waals surface area contributed by atoms with Crippen LogP contribution in [0.4, 0.5) is 8.78 Å². The molecule has 0 atom stereocenters. The minimum Gasteiger partial charge on any atom is -0.465 e. The maximum absolute atomic E-state index is 13.4. The van der Waals surface area contributed by atoms with E-state index in [4.69, 9.17) is 0 Å². The Bertz CT molecular complexity index is 896. The Kier molecular flexibility index (Phi) is 4.08. The van der Waals surface area contributed by atoms with E-state index in [1.165, 1.54) is 19.4 Å². The molecule has 0 saturated carbocycles. The molecule has 8 heteroatoms. The maximum Gasteiger partial charge on any atom is 0.343 e. The van der Waals surface area contributed by atoms with Crippen molar-refractivity contribution in [1.82, 2.24) is 14.6 Å². The molecule has 0 spiro atoms. The molecule has 0 fully saturated rings. The number of halogens is 3. The molecule has 5 nitrogen and oxygen atoms in total. The van der Waals surface area contributed by atoms with Crippen molar-refractivity contribution in [1.29, 1.82) is 0 Å². The summed E-state index contributed by atoms with van der Waals surface area (Å²) in [4.78, 5) is 16.1. The lowest BCUT2D eigenvalue weighted by Crippen LogP contribution is -2.06. The molecule has 2 aromatic heterocycles. The van der Waals surface area contributed by atoms with E-state index in [2.05, 4.69) is 30.7 Å². The molecule has 0 radical (unpaired) electrons. The third-order valence-electron chi connectivity index (χ3n) is 3.28. The van der Waals surface area contributed by atoms with Crippen molar-refractivity contribution >= 4 is 27.5 Å². The van der Waals surface area contributed by atoms with Crippen molar-refractivity contribution in [3.63, 3.8) is 0 Å². The Morgan fingerprint density at radius 2 is 2.09 bits per heavy atom. The Labute approximate surface area is 138 Å². The van der Waals surface area contributed by atoms with Crippen LogP contribution in [0.3, 0.4) is 0 Å². The second-order valence-corrected chi connectivity index (χ2v) is 5.49. The predicted molar refractivity (Wildman–Crippen MR) is 82.4 cm³/mol. The van der Waals surface area contributed by atoms with E-state index in [1.54, 1.807) is 24.3 Å². The zero-order valence-corrected chi connectivity index (χ0v) is 13.4. The van der Waals surface area contributed by atoms with Crippen LogP contribution in [0.1, 0.15) is 22.5 Å². The molecule has 0 aliphatic rings. The lowest BCUT2D eigenvalue weighted by atomic mass is 10.1. The first-order chi connectivity index (χ1) is 11.0. The largest absolute Gasteiger partial charge is 0.465 e. The molecule has 0 unspecified atom stereocenters. The second-order valence-electron chi connectivity index (χ2n) is 4.63. The number of hydrogen-bond donors (Lipinski definition) is 0. The van der Waals surface area contributed by atoms with Crippen LogP contribution in [-0.2, 0) is 4.74 Å². The number of hydrogen-bond acceptors (Lipinski definition) is 4. The fourth-order valence-corrected chi connectivity index (χ4v) is 2.69. The number of carbonyl (C=O) groups excluding carboxylic acids is 1. The normalized spacial score (nSPS) is 11.2. The van der Waals surface area contributed by atoms with Gasteiger partial charge in [0.1, 0.15) is 11.3 Å². The van der Waals surface area contributed by atoms with Crippen LogP contribution in [0.15, 0.2) is 41.0 Å². The van der Waals surface area contributed by atoms with E-state index in [-0.39, 0.29) is 16.9 Å². The van der Waals surface area contributed by atoms with Crippen molar-refractivity contribution in [3.8, 4) is 11.3 Å². The van der Waals surface area contributed by atoms with E-state index >= 15 is 0 Å². The van der Waals surface area contributed by atoms with Crippen LogP contribution in [-0.4, -0.2) is 27.7 Å². The molecule has 0 amide bonds. The number of nitrogens with zero attached hydrogens (tertiary/aromatic N) is 3. The van der Waals surface area contributed by atoms with Gasteiger partial charge >= 0.3 is 5.97 Å². The fraction of sp³-hybridized carbons (Fsp3) is 0.133. The highest BCUT2D eigenvalue weighted by Gasteiger charge is 2.22. The second kappa shape index (κ2) is 6.04. The van der Waals surface area contributed by atoms with Crippen LogP contribution in [0, 0.1) is 0 Å². The van der Waals surface area contributed by atoms with Crippen molar-refractivity contribution in [2.24, 2.45) is 0 Å². The minimum atomic E-state index is -2.77. The fourth-order valence-electron chi connectivity index (χ4n) is 2.20.